The molecule has 1 aromatic heterocycles. The maximum atomic E-state index is 13.2. The minimum atomic E-state index is -0.551. The van der Waals surface area contributed by atoms with Crippen LogP contribution in [0.4, 0.5) is 5.69 Å². The predicted octanol–water partition coefficient (Wildman–Crippen LogP) is 4.36. The Morgan fingerprint density at radius 1 is 0.875 bits per heavy atom. The predicted molar refractivity (Wildman–Crippen MR) is 127 cm³/mol. The van der Waals surface area contributed by atoms with Gasteiger partial charge in [-0.05, 0) is 47.2 Å². The molecule has 4 N–H and O–H groups in total. The largest absolute Gasteiger partial charge is 0.325 e. The van der Waals surface area contributed by atoms with Crippen LogP contribution in [-0.2, 0) is 17.8 Å². The fourth-order valence-corrected chi connectivity index (χ4v) is 4.39. The van der Waals surface area contributed by atoms with Crippen LogP contribution in [0.25, 0.3) is 10.1 Å². The Morgan fingerprint density at radius 3 is 2.25 bits per heavy atom. The SMILES string of the molecule is O=C(NO)c1cc2cc(NC(=O)C(Cc3ccccc3)NCc3ccccc3)ccc2s1. The van der Waals surface area contributed by atoms with E-state index in [1.807, 2.05) is 78.9 Å². The number of rotatable bonds is 8. The normalized spacial score (nSPS) is 11.8. The van der Waals surface area contributed by atoms with Crippen LogP contribution in [0, 0.1) is 0 Å². The lowest BCUT2D eigenvalue weighted by Crippen LogP contribution is -2.41. The van der Waals surface area contributed by atoms with E-state index in [-0.39, 0.29) is 5.91 Å². The molecule has 0 saturated carbocycles. The van der Waals surface area contributed by atoms with Crippen LogP contribution in [0.2, 0.25) is 0 Å². The number of benzene rings is 3. The van der Waals surface area contributed by atoms with Gasteiger partial charge >= 0.3 is 0 Å². The highest BCUT2D eigenvalue weighted by molar-refractivity contribution is 7.20. The molecule has 0 spiro atoms. The first-order valence-electron chi connectivity index (χ1n) is 10.2. The highest BCUT2D eigenvalue weighted by Gasteiger charge is 2.19. The first-order chi connectivity index (χ1) is 15.6. The summed E-state index contributed by atoms with van der Waals surface area (Å²) in [6.07, 6.45) is 0.557. The lowest BCUT2D eigenvalue weighted by molar-refractivity contribution is -0.118. The Kier molecular flexibility index (Phi) is 6.91. The van der Waals surface area contributed by atoms with Crippen molar-refractivity contribution >= 4 is 38.9 Å². The molecule has 3 aromatic carbocycles. The summed E-state index contributed by atoms with van der Waals surface area (Å²) in [6, 6.07) is 26.6. The van der Waals surface area contributed by atoms with E-state index in [1.54, 1.807) is 11.5 Å². The Bertz CT molecular complexity index is 1210. The molecule has 4 rings (SSSR count). The van der Waals surface area contributed by atoms with Crippen molar-refractivity contribution in [3.8, 4) is 0 Å². The summed E-state index contributed by atoms with van der Waals surface area (Å²) in [7, 11) is 0. The van der Waals surface area contributed by atoms with Crippen molar-refractivity contribution in [1.82, 2.24) is 10.8 Å². The molecule has 1 unspecified atom stereocenters. The van der Waals surface area contributed by atoms with Crippen LogP contribution < -0.4 is 16.1 Å². The minimum Gasteiger partial charge on any atom is -0.325 e. The molecule has 0 saturated heterocycles. The topological polar surface area (TPSA) is 90.5 Å². The van der Waals surface area contributed by atoms with Crippen LogP contribution in [-0.4, -0.2) is 23.1 Å². The Morgan fingerprint density at radius 2 is 1.56 bits per heavy atom. The molecule has 32 heavy (non-hydrogen) atoms. The zero-order chi connectivity index (χ0) is 22.3. The summed E-state index contributed by atoms with van der Waals surface area (Å²) in [4.78, 5) is 25.2. The third-order valence-electron chi connectivity index (χ3n) is 5.10. The molecule has 0 radical (unpaired) electrons. The number of fused-ring (bicyclic) bond motifs is 1. The third kappa shape index (κ3) is 5.39. The smallest absolute Gasteiger partial charge is 0.284 e. The van der Waals surface area contributed by atoms with Gasteiger partial charge in [0.1, 0.15) is 0 Å². The van der Waals surface area contributed by atoms with Gasteiger partial charge in [-0.1, -0.05) is 60.7 Å². The van der Waals surface area contributed by atoms with E-state index in [1.165, 1.54) is 11.3 Å². The Balaban J connectivity index is 1.51. The van der Waals surface area contributed by atoms with E-state index in [0.717, 1.165) is 21.2 Å². The molecular weight excluding hydrogens is 422 g/mol. The Labute approximate surface area is 189 Å². The van der Waals surface area contributed by atoms with Gasteiger partial charge in [0.05, 0.1) is 10.9 Å². The molecule has 162 valence electrons. The van der Waals surface area contributed by atoms with Crippen molar-refractivity contribution in [2.24, 2.45) is 0 Å². The molecule has 0 aliphatic carbocycles. The van der Waals surface area contributed by atoms with Gasteiger partial charge in [-0.3, -0.25) is 14.8 Å². The van der Waals surface area contributed by atoms with Crippen molar-refractivity contribution < 1.29 is 14.8 Å². The Hall–Kier alpha value is -3.52. The number of nitrogens with one attached hydrogen (secondary N) is 3. The second-order valence-corrected chi connectivity index (χ2v) is 8.49. The number of carbonyl (C=O) groups excluding carboxylic acids is 2. The molecule has 1 heterocycles. The summed E-state index contributed by atoms with van der Waals surface area (Å²) < 4.78 is 0.893. The maximum Gasteiger partial charge on any atom is 0.284 e. The number of hydrogen-bond donors (Lipinski definition) is 4. The van der Waals surface area contributed by atoms with Crippen molar-refractivity contribution in [2.75, 3.05) is 5.32 Å². The molecule has 2 amide bonds. The van der Waals surface area contributed by atoms with Crippen molar-refractivity contribution in [1.29, 1.82) is 0 Å². The van der Waals surface area contributed by atoms with Crippen LogP contribution >= 0.6 is 11.3 Å². The standard InChI is InChI=1S/C25H23N3O3S/c29-24(27-20-11-12-22-19(14-20)15-23(32-22)25(30)28-31)21(13-17-7-3-1-4-8-17)26-16-18-9-5-2-6-10-18/h1-12,14-15,21,26,31H,13,16H2,(H,27,29)(H,28,30). The van der Waals surface area contributed by atoms with E-state index >= 15 is 0 Å². The molecule has 4 aromatic rings. The molecule has 6 nitrogen and oxygen atoms in total. The quantitative estimate of drug-likeness (QED) is 0.240. The first kappa shape index (κ1) is 21.7. The van der Waals surface area contributed by atoms with E-state index in [2.05, 4.69) is 10.6 Å². The van der Waals surface area contributed by atoms with Crippen LogP contribution in [0.1, 0.15) is 20.8 Å². The van der Waals surface area contributed by atoms with Crippen LogP contribution in [0.3, 0.4) is 0 Å². The molecule has 0 aliphatic rings. The number of carbonyl (C=O) groups is 2. The fraction of sp³-hybridized carbons (Fsp3) is 0.120. The minimum absolute atomic E-state index is 0.132. The van der Waals surface area contributed by atoms with Gasteiger partial charge in [0.15, 0.2) is 0 Å². The van der Waals surface area contributed by atoms with E-state index < -0.39 is 11.9 Å². The van der Waals surface area contributed by atoms with Gasteiger partial charge in [-0.2, -0.15) is 0 Å². The van der Waals surface area contributed by atoms with Gasteiger partial charge in [0, 0.05) is 16.9 Å². The molecule has 7 heteroatoms. The first-order valence-corrected chi connectivity index (χ1v) is 11.0. The number of amides is 2. The van der Waals surface area contributed by atoms with Crippen molar-refractivity contribution in [3.63, 3.8) is 0 Å². The fourth-order valence-electron chi connectivity index (χ4n) is 3.46. The average molecular weight is 446 g/mol. The van der Waals surface area contributed by atoms with Gasteiger partial charge in [-0.25, -0.2) is 5.48 Å². The maximum absolute atomic E-state index is 13.2. The van der Waals surface area contributed by atoms with Crippen LogP contribution in [0.5, 0.6) is 0 Å². The zero-order valence-electron chi connectivity index (χ0n) is 17.2. The van der Waals surface area contributed by atoms with E-state index in [4.69, 9.17) is 5.21 Å². The molecular formula is C25H23N3O3S. The average Bonchev–Trinajstić information content (AvgIpc) is 3.26. The summed E-state index contributed by atoms with van der Waals surface area (Å²) in [5.41, 5.74) is 4.47. The summed E-state index contributed by atoms with van der Waals surface area (Å²) >= 11 is 1.27. The third-order valence-corrected chi connectivity index (χ3v) is 6.22. The van der Waals surface area contributed by atoms with Crippen molar-refractivity contribution in [2.45, 2.75) is 19.0 Å². The molecule has 0 aliphatic heterocycles. The van der Waals surface area contributed by atoms with Crippen molar-refractivity contribution in [3.05, 3.63) is 101 Å². The monoisotopic (exact) mass is 445 g/mol. The summed E-state index contributed by atoms with van der Waals surface area (Å²) in [5.74, 6) is -0.683. The highest BCUT2D eigenvalue weighted by atomic mass is 32.1. The second-order valence-electron chi connectivity index (χ2n) is 7.40. The molecule has 0 fully saturated rings. The van der Waals surface area contributed by atoms with Gasteiger partial charge in [0.25, 0.3) is 5.91 Å². The number of hydrogen-bond acceptors (Lipinski definition) is 5. The molecule has 0 bridgehead atoms. The van der Waals surface area contributed by atoms with Gasteiger partial charge in [0.2, 0.25) is 5.91 Å². The number of thiophene rings is 1. The summed E-state index contributed by atoms with van der Waals surface area (Å²) in [6.45, 7) is 0.578. The highest BCUT2D eigenvalue weighted by Crippen LogP contribution is 2.28. The van der Waals surface area contributed by atoms with Gasteiger partial charge in [-0.15, -0.1) is 11.3 Å². The number of anilines is 1. The molecule has 1 atom stereocenters. The second kappa shape index (κ2) is 10.2. The van der Waals surface area contributed by atoms with E-state index in [0.29, 0.717) is 23.5 Å². The lowest BCUT2D eigenvalue weighted by Gasteiger charge is -2.19. The zero-order valence-corrected chi connectivity index (χ0v) is 18.1. The van der Waals surface area contributed by atoms with E-state index in [9.17, 15) is 9.59 Å². The summed E-state index contributed by atoms with van der Waals surface area (Å²) in [5, 5.41) is 16.0. The van der Waals surface area contributed by atoms with Gasteiger partial charge < -0.3 is 10.6 Å². The lowest BCUT2D eigenvalue weighted by atomic mass is 10.0. The number of hydroxylamine groups is 1. The van der Waals surface area contributed by atoms with Crippen LogP contribution in [0.15, 0.2) is 84.9 Å².